The van der Waals surface area contributed by atoms with Gasteiger partial charge in [-0.15, -0.1) is 0 Å². The largest absolute Gasteiger partial charge is 0.494 e. The lowest BCUT2D eigenvalue weighted by Gasteiger charge is -2.11. The Morgan fingerprint density at radius 3 is 2.44 bits per heavy atom. The highest BCUT2D eigenvalue weighted by Crippen LogP contribution is 2.21. The molecule has 2 aromatic rings. The van der Waals surface area contributed by atoms with Crippen molar-refractivity contribution in [2.24, 2.45) is 0 Å². The number of unbranched alkanes of at least 4 members (excludes halogenated alkanes) is 1. The second-order valence-electron chi connectivity index (χ2n) is 5.50. The molecule has 1 heterocycles. The van der Waals surface area contributed by atoms with Gasteiger partial charge in [0, 0.05) is 12.1 Å². The summed E-state index contributed by atoms with van der Waals surface area (Å²) in [4.78, 5) is 24.6. The predicted molar refractivity (Wildman–Crippen MR) is 96.0 cm³/mol. The molecule has 0 N–H and O–H groups in total. The van der Waals surface area contributed by atoms with Crippen molar-refractivity contribution < 1.29 is 14.3 Å². The van der Waals surface area contributed by atoms with Crippen LogP contribution in [0.15, 0.2) is 35.1 Å². The molecule has 0 saturated carbocycles. The van der Waals surface area contributed by atoms with E-state index in [0.29, 0.717) is 18.8 Å². The van der Waals surface area contributed by atoms with Crippen molar-refractivity contribution in [3.8, 4) is 17.0 Å². The van der Waals surface area contributed by atoms with Gasteiger partial charge in [-0.2, -0.15) is 5.10 Å². The van der Waals surface area contributed by atoms with Crippen molar-refractivity contribution in [1.82, 2.24) is 9.78 Å². The number of esters is 1. The van der Waals surface area contributed by atoms with Gasteiger partial charge in [0.1, 0.15) is 11.3 Å². The van der Waals surface area contributed by atoms with Gasteiger partial charge < -0.3 is 9.47 Å². The third-order valence-corrected chi connectivity index (χ3v) is 3.65. The van der Waals surface area contributed by atoms with Crippen LogP contribution in [-0.2, 0) is 11.3 Å². The van der Waals surface area contributed by atoms with Gasteiger partial charge >= 0.3 is 5.97 Å². The smallest absolute Gasteiger partial charge is 0.343 e. The minimum Gasteiger partial charge on any atom is -0.494 e. The van der Waals surface area contributed by atoms with Gasteiger partial charge in [0.25, 0.3) is 5.56 Å². The first-order chi connectivity index (χ1) is 12.1. The van der Waals surface area contributed by atoms with Crippen LogP contribution in [0.3, 0.4) is 0 Å². The van der Waals surface area contributed by atoms with Crippen LogP contribution in [0, 0.1) is 0 Å². The van der Waals surface area contributed by atoms with Crippen LogP contribution in [0.5, 0.6) is 5.75 Å². The average Bonchev–Trinajstić information content (AvgIpc) is 2.62. The maximum Gasteiger partial charge on any atom is 0.343 e. The number of rotatable bonds is 8. The summed E-state index contributed by atoms with van der Waals surface area (Å²) < 4.78 is 11.8. The lowest BCUT2D eigenvalue weighted by molar-refractivity contribution is 0.0523. The summed E-state index contributed by atoms with van der Waals surface area (Å²) in [6.45, 7) is 6.94. The third-order valence-electron chi connectivity index (χ3n) is 3.65. The Morgan fingerprint density at radius 2 is 1.84 bits per heavy atom. The molecule has 0 spiro atoms. The molecule has 0 radical (unpaired) electrons. The molecule has 6 heteroatoms. The lowest BCUT2D eigenvalue weighted by Crippen LogP contribution is -2.30. The molecular formula is C19H24N2O4. The first-order valence-corrected chi connectivity index (χ1v) is 8.63. The standard InChI is InChI=1S/C19H24N2O4/c1-4-7-12-21-18(22)16(19(23)25-6-3)13-17(20-21)14-8-10-15(11-9-14)24-5-2/h8-11,13H,4-7,12H2,1-3H3. The molecule has 0 atom stereocenters. The molecule has 25 heavy (non-hydrogen) atoms. The number of hydrogen-bond donors (Lipinski definition) is 0. The molecule has 134 valence electrons. The topological polar surface area (TPSA) is 70.4 Å². The Bertz CT molecular complexity index is 766. The molecule has 0 aliphatic heterocycles. The van der Waals surface area contributed by atoms with Crippen LogP contribution >= 0.6 is 0 Å². The Morgan fingerprint density at radius 1 is 1.12 bits per heavy atom. The molecule has 0 fully saturated rings. The number of ether oxygens (including phenoxy) is 2. The van der Waals surface area contributed by atoms with Gasteiger partial charge in [-0.3, -0.25) is 4.79 Å². The van der Waals surface area contributed by atoms with Gasteiger partial charge in [0.15, 0.2) is 0 Å². The second-order valence-corrected chi connectivity index (χ2v) is 5.50. The fourth-order valence-corrected chi connectivity index (χ4v) is 2.39. The number of carbonyl (C=O) groups excluding carboxylic acids is 1. The first kappa shape index (κ1) is 18.7. The summed E-state index contributed by atoms with van der Waals surface area (Å²) in [6.07, 6.45) is 1.73. The van der Waals surface area contributed by atoms with E-state index < -0.39 is 11.5 Å². The van der Waals surface area contributed by atoms with E-state index in [1.807, 2.05) is 38.1 Å². The van der Waals surface area contributed by atoms with Crippen LogP contribution in [0.4, 0.5) is 0 Å². The van der Waals surface area contributed by atoms with Crippen molar-refractivity contribution in [2.75, 3.05) is 13.2 Å². The van der Waals surface area contributed by atoms with Crippen molar-refractivity contribution in [3.05, 3.63) is 46.2 Å². The predicted octanol–water partition coefficient (Wildman–Crippen LogP) is 3.29. The zero-order valence-corrected chi connectivity index (χ0v) is 14.9. The molecule has 0 unspecified atom stereocenters. The highest BCUT2D eigenvalue weighted by Gasteiger charge is 2.17. The maximum atomic E-state index is 12.5. The van der Waals surface area contributed by atoms with Gasteiger partial charge in [-0.25, -0.2) is 9.48 Å². The lowest BCUT2D eigenvalue weighted by atomic mass is 10.1. The number of hydrogen-bond acceptors (Lipinski definition) is 5. The van der Waals surface area contributed by atoms with E-state index >= 15 is 0 Å². The van der Waals surface area contributed by atoms with E-state index in [-0.39, 0.29) is 12.2 Å². The fraction of sp³-hybridized carbons (Fsp3) is 0.421. The normalized spacial score (nSPS) is 10.5. The molecule has 6 nitrogen and oxygen atoms in total. The number of carbonyl (C=O) groups is 1. The van der Waals surface area contributed by atoms with Crippen LogP contribution < -0.4 is 10.3 Å². The van der Waals surface area contributed by atoms with Crippen LogP contribution in [0.25, 0.3) is 11.3 Å². The number of benzene rings is 1. The Balaban J connectivity index is 2.47. The van der Waals surface area contributed by atoms with E-state index in [2.05, 4.69) is 5.10 Å². The monoisotopic (exact) mass is 344 g/mol. The van der Waals surface area contributed by atoms with Gasteiger partial charge in [0.2, 0.25) is 0 Å². The van der Waals surface area contributed by atoms with E-state index in [4.69, 9.17) is 9.47 Å². The van der Waals surface area contributed by atoms with E-state index in [1.54, 1.807) is 6.92 Å². The zero-order valence-electron chi connectivity index (χ0n) is 14.9. The molecule has 1 aromatic heterocycles. The van der Waals surface area contributed by atoms with Gasteiger partial charge in [-0.1, -0.05) is 13.3 Å². The molecule has 2 rings (SSSR count). The second kappa shape index (κ2) is 9.01. The summed E-state index contributed by atoms with van der Waals surface area (Å²) in [5, 5.41) is 4.41. The average molecular weight is 344 g/mol. The summed E-state index contributed by atoms with van der Waals surface area (Å²) in [5.74, 6) is 0.142. The van der Waals surface area contributed by atoms with Gasteiger partial charge in [-0.05, 0) is 50.6 Å². The molecule has 0 bridgehead atoms. The molecule has 0 saturated heterocycles. The SMILES string of the molecule is CCCCn1nc(-c2ccc(OCC)cc2)cc(C(=O)OCC)c1=O. The van der Waals surface area contributed by atoms with Crippen molar-refractivity contribution >= 4 is 5.97 Å². The first-order valence-electron chi connectivity index (χ1n) is 8.63. The Labute approximate surface area is 147 Å². The number of aromatic nitrogens is 2. The molecular weight excluding hydrogens is 320 g/mol. The highest BCUT2D eigenvalue weighted by molar-refractivity contribution is 5.90. The van der Waals surface area contributed by atoms with E-state index in [0.717, 1.165) is 24.2 Å². The van der Waals surface area contributed by atoms with Crippen molar-refractivity contribution in [1.29, 1.82) is 0 Å². The number of aryl methyl sites for hydroxylation is 1. The molecule has 0 aliphatic carbocycles. The van der Waals surface area contributed by atoms with E-state index in [1.165, 1.54) is 10.7 Å². The molecule has 0 amide bonds. The highest BCUT2D eigenvalue weighted by atomic mass is 16.5. The Hall–Kier alpha value is -2.63. The number of nitrogens with zero attached hydrogens (tertiary/aromatic N) is 2. The van der Waals surface area contributed by atoms with Crippen molar-refractivity contribution in [2.45, 2.75) is 40.2 Å². The minimum absolute atomic E-state index is 0.0110. The maximum absolute atomic E-state index is 12.5. The summed E-state index contributed by atoms with van der Waals surface area (Å²) in [6, 6.07) is 8.89. The Kier molecular flexibility index (Phi) is 6.74. The zero-order chi connectivity index (χ0) is 18.2. The van der Waals surface area contributed by atoms with Crippen molar-refractivity contribution in [3.63, 3.8) is 0 Å². The third kappa shape index (κ3) is 4.68. The van der Waals surface area contributed by atoms with Crippen LogP contribution in [0.1, 0.15) is 44.0 Å². The molecule has 0 aliphatic rings. The minimum atomic E-state index is -0.618. The summed E-state index contributed by atoms with van der Waals surface area (Å²) in [7, 11) is 0. The van der Waals surface area contributed by atoms with E-state index in [9.17, 15) is 9.59 Å². The molecule has 1 aromatic carbocycles. The van der Waals surface area contributed by atoms with Gasteiger partial charge in [0.05, 0.1) is 18.9 Å². The van der Waals surface area contributed by atoms with Crippen LogP contribution in [0.2, 0.25) is 0 Å². The quantitative estimate of drug-likeness (QED) is 0.687. The summed E-state index contributed by atoms with van der Waals surface area (Å²) in [5.41, 5.74) is 0.958. The van der Waals surface area contributed by atoms with Crippen LogP contribution in [-0.4, -0.2) is 29.0 Å². The fourth-order valence-electron chi connectivity index (χ4n) is 2.39. The summed E-state index contributed by atoms with van der Waals surface area (Å²) >= 11 is 0.